The number of fused-ring (bicyclic) bond motifs is 1. The van der Waals surface area contributed by atoms with E-state index >= 15 is 0 Å². The first-order valence-electron chi connectivity index (χ1n) is 8.28. The van der Waals surface area contributed by atoms with Crippen LogP contribution in [0.2, 0.25) is 0 Å². The first kappa shape index (κ1) is 18.6. The van der Waals surface area contributed by atoms with E-state index in [1.807, 2.05) is 0 Å². The molecule has 1 aromatic heterocycles. The Hall–Kier alpha value is -2.16. The maximum Gasteiger partial charge on any atom is 0.328 e. The van der Waals surface area contributed by atoms with Crippen molar-refractivity contribution in [3.8, 4) is 0 Å². The van der Waals surface area contributed by atoms with Crippen LogP contribution >= 0.6 is 11.8 Å². The highest BCUT2D eigenvalue weighted by Gasteiger charge is 2.33. The Morgan fingerprint density at radius 2 is 2.12 bits per heavy atom. The number of methoxy groups -OCH3 is 1. The predicted molar refractivity (Wildman–Crippen MR) is 93.0 cm³/mol. The molecule has 2 aromatic rings. The number of aromatic nitrogens is 2. The minimum atomic E-state index is -2.64. The van der Waals surface area contributed by atoms with Gasteiger partial charge in [0.2, 0.25) is 5.91 Å². The molecule has 3 rings (SSSR count). The van der Waals surface area contributed by atoms with Gasteiger partial charge < -0.3 is 14.2 Å². The van der Waals surface area contributed by atoms with Gasteiger partial charge in [-0.3, -0.25) is 4.79 Å². The molecule has 6 nitrogen and oxygen atoms in total. The molecule has 1 fully saturated rings. The molecule has 0 bridgehead atoms. The lowest BCUT2D eigenvalue weighted by atomic mass is 10.0. The van der Waals surface area contributed by atoms with Gasteiger partial charge in [-0.1, -0.05) is 12.1 Å². The third kappa shape index (κ3) is 3.82. The average Bonchev–Trinajstić information content (AvgIpc) is 2.97. The standard InChI is InChI=1S/C17H19F2N3O3S/c1-25-15(24)13-8-4-5-9-21(13)14(23)10-22-12-7-3-2-6-11(12)20-17(22)26-16(18)19/h2-3,6-7,13,16H,4-5,8-10H2,1H3. The number of nitrogens with zero attached hydrogens (tertiary/aromatic N) is 3. The molecule has 1 saturated heterocycles. The van der Waals surface area contributed by atoms with Gasteiger partial charge in [0.05, 0.1) is 18.1 Å². The van der Waals surface area contributed by atoms with Gasteiger partial charge in [-0.05, 0) is 43.2 Å². The summed E-state index contributed by atoms with van der Waals surface area (Å²) in [4.78, 5) is 30.5. The van der Waals surface area contributed by atoms with Crippen LogP contribution in [-0.4, -0.2) is 51.8 Å². The summed E-state index contributed by atoms with van der Waals surface area (Å²) in [5.41, 5.74) is 1.15. The smallest absolute Gasteiger partial charge is 0.328 e. The average molecular weight is 383 g/mol. The number of imidazole rings is 1. The van der Waals surface area contributed by atoms with Gasteiger partial charge >= 0.3 is 5.97 Å². The van der Waals surface area contributed by atoms with Crippen molar-refractivity contribution in [2.24, 2.45) is 0 Å². The number of hydrogen-bond donors (Lipinski definition) is 0. The summed E-state index contributed by atoms with van der Waals surface area (Å²) in [7, 11) is 1.29. The van der Waals surface area contributed by atoms with Crippen molar-refractivity contribution in [1.29, 1.82) is 0 Å². The Morgan fingerprint density at radius 3 is 2.85 bits per heavy atom. The van der Waals surface area contributed by atoms with E-state index in [1.54, 1.807) is 24.3 Å². The zero-order chi connectivity index (χ0) is 18.7. The van der Waals surface area contributed by atoms with Crippen LogP contribution in [0.1, 0.15) is 19.3 Å². The van der Waals surface area contributed by atoms with Crippen LogP contribution in [0, 0.1) is 0 Å². The minimum Gasteiger partial charge on any atom is -0.467 e. The molecule has 0 saturated carbocycles. The second-order valence-corrected chi connectivity index (χ2v) is 6.93. The lowest BCUT2D eigenvalue weighted by Gasteiger charge is -2.34. The van der Waals surface area contributed by atoms with Gasteiger partial charge in [-0.2, -0.15) is 8.78 Å². The summed E-state index contributed by atoms with van der Waals surface area (Å²) in [6.45, 7) is 0.297. The van der Waals surface area contributed by atoms with Crippen LogP contribution in [0.5, 0.6) is 0 Å². The summed E-state index contributed by atoms with van der Waals surface area (Å²) in [6, 6.07) is 6.35. The number of alkyl halides is 2. The molecule has 2 heterocycles. The fourth-order valence-electron chi connectivity index (χ4n) is 3.21. The number of halogens is 2. The zero-order valence-electron chi connectivity index (χ0n) is 14.2. The maximum absolute atomic E-state index is 12.9. The molecule has 0 spiro atoms. The van der Waals surface area contributed by atoms with Crippen molar-refractivity contribution in [2.75, 3.05) is 13.7 Å². The molecule has 0 radical (unpaired) electrons. The summed E-state index contributed by atoms with van der Waals surface area (Å²) in [6.07, 6.45) is 2.17. The first-order chi connectivity index (χ1) is 12.5. The number of carbonyl (C=O) groups is 2. The van der Waals surface area contributed by atoms with E-state index in [-0.39, 0.29) is 17.6 Å². The van der Waals surface area contributed by atoms with Crippen LogP contribution in [0.4, 0.5) is 8.78 Å². The Kier molecular flexibility index (Phi) is 5.75. The number of likely N-dealkylation sites (tertiary alicyclic amines) is 1. The number of hydrogen-bond acceptors (Lipinski definition) is 5. The van der Waals surface area contributed by atoms with Crippen LogP contribution in [0.3, 0.4) is 0 Å². The molecule has 1 aromatic carbocycles. The summed E-state index contributed by atoms with van der Waals surface area (Å²) >= 11 is 0.307. The number of amides is 1. The SMILES string of the molecule is COC(=O)C1CCCCN1C(=O)Cn1c(SC(F)F)nc2ccccc21. The van der Waals surface area contributed by atoms with Crippen molar-refractivity contribution in [3.05, 3.63) is 24.3 Å². The van der Waals surface area contributed by atoms with E-state index in [2.05, 4.69) is 4.98 Å². The monoisotopic (exact) mass is 383 g/mol. The molecule has 26 heavy (non-hydrogen) atoms. The van der Waals surface area contributed by atoms with Crippen LogP contribution in [0.15, 0.2) is 29.4 Å². The fraction of sp³-hybridized carbons (Fsp3) is 0.471. The molecule has 9 heteroatoms. The van der Waals surface area contributed by atoms with Crippen LogP contribution in [0.25, 0.3) is 11.0 Å². The molecule has 140 valence electrons. The Morgan fingerprint density at radius 1 is 1.35 bits per heavy atom. The normalized spacial score (nSPS) is 17.7. The molecule has 1 unspecified atom stereocenters. The maximum atomic E-state index is 12.9. The highest BCUT2D eigenvalue weighted by atomic mass is 32.2. The summed E-state index contributed by atoms with van der Waals surface area (Å²) in [5, 5.41) is 0.0844. The number of rotatable bonds is 5. The molecule has 1 aliphatic heterocycles. The van der Waals surface area contributed by atoms with Crippen LogP contribution in [-0.2, 0) is 20.9 Å². The number of esters is 1. The number of para-hydroxylation sites is 2. The number of ether oxygens (including phenoxy) is 1. The van der Waals surface area contributed by atoms with E-state index in [0.717, 1.165) is 12.8 Å². The third-order valence-electron chi connectivity index (χ3n) is 4.40. The second-order valence-electron chi connectivity index (χ2n) is 5.97. The van der Waals surface area contributed by atoms with Crippen molar-refractivity contribution in [3.63, 3.8) is 0 Å². The molecule has 1 atom stereocenters. The molecule has 0 aliphatic carbocycles. The van der Waals surface area contributed by atoms with E-state index < -0.39 is 17.8 Å². The highest BCUT2D eigenvalue weighted by Crippen LogP contribution is 2.29. The van der Waals surface area contributed by atoms with Gasteiger partial charge in [0.1, 0.15) is 12.6 Å². The van der Waals surface area contributed by atoms with Gasteiger partial charge in [-0.25, -0.2) is 9.78 Å². The quantitative estimate of drug-likeness (QED) is 0.587. The zero-order valence-corrected chi connectivity index (χ0v) is 15.0. The van der Waals surface area contributed by atoms with E-state index in [4.69, 9.17) is 4.74 Å². The number of carbonyl (C=O) groups excluding carboxylic acids is 2. The van der Waals surface area contributed by atoms with Gasteiger partial charge in [0, 0.05) is 6.54 Å². The molecule has 1 amide bonds. The van der Waals surface area contributed by atoms with Gasteiger partial charge in [0.25, 0.3) is 5.76 Å². The Labute approximate surface area is 153 Å². The van der Waals surface area contributed by atoms with E-state index in [0.29, 0.717) is 35.8 Å². The Balaban J connectivity index is 1.89. The molecule has 1 aliphatic rings. The van der Waals surface area contributed by atoms with Crippen molar-refractivity contribution in [2.45, 2.75) is 42.8 Å². The number of piperidine rings is 1. The minimum absolute atomic E-state index is 0.0844. The summed E-state index contributed by atoms with van der Waals surface area (Å²) < 4.78 is 32.1. The van der Waals surface area contributed by atoms with Crippen molar-refractivity contribution < 1.29 is 23.1 Å². The molecular weight excluding hydrogens is 364 g/mol. The highest BCUT2D eigenvalue weighted by molar-refractivity contribution is 7.99. The van der Waals surface area contributed by atoms with E-state index in [9.17, 15) is 18.4 Å². The lowest BCUT2D eigenvalue weighted by molar-refractivity contribution is -0.154. The predicted octanol–water partition coefficient (Wildman–Crippen LogP) is 2.91. The van der Waals surface area contributed by atoms with Gasteiger partial charge in [-0.15, -0.1) is 0 Å². The molecular formula is C17H19F2N3O3S. The number of thioether (sulfide) groups is 1. The fourth-order valence-corrected chi connectivity index (χ4v) is 3.81. The van der Waals surface area contributed by atoms with Crippen LogP contribution < -0.4 is 0 Å². The lowest BCUT2D eigenvalue weighted by Crippen LogP contribution is -2.49. The summed E-state index contributed by atoms with van der Waals surface area (Å²) in [5.74, 6) is -3.39. The second kappa shape index (κ2) is 8.03. The number of benzene rings is 1. The van der Waals surface area contributed by atoms with Gasteiger partial charge in [0.15, 0.2) is 5.16 Å². The van der Waals surface area contributed by atoms with Crippen molar-refractivity contribution >= 4 is 34.7 Å². The molecule has 0 N–H and O–H groups in total. The topological polar surface area (TPSA) is 64.4 Å². The van der Waals surface area contributed by atoms with E-state index in [1.165, 1.54) is 16.6 Å². The van der Waals surface area contributed by atoms with Crippen molar-refractivity contribution in [1.82, 2.24) is 14.5 Å². The largest absolute Gasteiger partial charge is 0.467 e. The first-order valence-corrected chi connectivity index (χ1v) is 9.16. The third-order valence-corrected chi connectivity index (χ3v) is 5.10. The Bertz CT molecular complexity index is 812.